The third kappa shape index (κ3) is 11.0. The van der Waals surface area contributed by atoms with Crippen LogP contribution in [0.5, 0.6) is 17.4 Å². The molecule has 3 N–H and O–H groups in total. The van der Waals surface area contributed by atoms with Crippen LogP contribution < -0.4 is 34.0 Å². The molecule has 6 aromatic rings. The lowest BCUT2D eigenvalue weighted by atomic mass is 9.59. The van der Waals surface area contributed by atoms with Crippen molar-refractivity contribution in [3.8, 4) is 17.4 Å². The van der Waals surface area contributed by atoms with Crippen LogP contribution in [-0.2, 0) is 34.7 Å². The molecule has 1 unspecified atom stereocenters. The van der Waals surface area contributed by atoms with Crippen molar-refractivity contribution in [2.24, 2.45) is 11.3 Å². The van der Waals surface area contributed by atoms with Crippen LogP contribution in [0.4, 0.5) is 41.6 Å². The van der Waals surface area contributed by atoms with Crippen LogP contribution in [0.15, 0.2) is 89.0 Å². The highest BCUT2D eigenvalue weighted by Gasteiger charge is 2.54. The molecule has 484 valence electrons. The Morgan fingerprint density at radius 2 is 1.66 bits per heavy atom. The summed E-state index contributed by atoms with van der Waals surface area (Å²) in [5.74, 6) is -0.825. The molecule has 0 radical (unpaired) electrons. The molecule has 0 bridgehead atoms. The number of amides is 1. The molecule has 3 aromatic heterocycles. The summed E-state index contributed by atoms with van der Waals surface area (Å²) in [6.07, 6.45) is 8.78. The third-order valence-corrected chi connectivity index (χ3v) is 23.4. The average molecular weight is 1300 g/mol. The predicted molar refractivity (Wildman–Crippen MR) is 331 cm³/mol. The number of piperidine rings is 1. The average Bonchev–Trinajstić information content (AvgIpc) is 0.977. The molecule has 1 spiro atoms. The number of rotatable bonds is 12. The molecule has 8 aliphatic rings. The molecule has 4 saturated heterocycles. The summed E-state index contributed by atoms with van der Waals surface area (Å²) >= 11 is 0. The number of aromatic amines is 1. The zero-order valence-electron chi connectivity index (χ0n) is 51.0. The van der Waals surface area contributed by atoms with Gasteiger partial charge in [0.25, 0.3) is 31.5 Å². The summed E-state index contributed by atoms with van der Waals surface area (Å²) < 4.78 is 129. The Labute approximate surface area is 525 Å². The number of fused-ring (bicyclic) bond motifs is 5. The number of carbonyl (C=O) groups is 1. The van der Waals surface area contributed by atoms with E-state index in [0.29, 0.717) is 92.9 Å². The summed E-state index contributed by atoms with van der Waals surface area (Å²) in [6.45, 7) is 13.3. The Morgan fingerprint density at radius 1 is 0.890 bits per heavy atom. The van der Waals surface area contributed by atoms with Gasteiger partial charge in [-0.3, -0.25) is 24.7 Å². The van der Waals surface area contributed by atoms with E-state index in [9.17, 15) is 44.9 Å². The van der Waals surface area contributed by atoms with Gasteiger partial charge in [-0.25, -0.2) is 26.5 Å². The van der Waals surface area contributed by atoms with Crippen molar-refractivity contribution < 1.29 is 63.4 Å². The van der Waals surface area contributed by atoms with Crippen LogP contribution in [0.25, 0.3) is 11.0 Å². The Bertz CT molecular complexity index is 4090. The van der Waals surface area contributed by atoms with E-state index in [1.54, 1.807) is 12.3 Å². The molecule has 22 nitrogen and oxygen atoms in total. The Kier molecular flexibility index (Phi) is 15.5. The maximum atomic E-state index is 15.0. The molecule has 1 amide bonds. The van der Waals surface area contributed by atoms with Crippen LogP contribution in [0, 0.1) is 28.4 Å². The molecule has 5 atom stereocenters. The minimum Gasteiger partial charge on any atom is -0.490 e. The number of piperazine rings is 1. The number of alkyl halides is 3. The molecule has 7 aliphatic heterocycles. The summed E-state index contributed by atoms with van der Waals surface area (Å²) in [4.78, 5) is 47.8. The lowest BCUT2D eigenvalue weighted by molar-refractivity contribution is -0.384. The number of sulfone groups is 1. The first-order chi connectivity index (χ1) is 43.5. The second-order valence-corrected chi connectivity index (χ2v) is 29.9. The first-order valence-corrected chi connectivity index (χ1v) is 34.2. The van der Waals surface area contributed by atoms with Gasteiger partial charge in [0.05, 0.1) is 46.4 Å². The Morgan fingerprint density at radius 3 is 2.42 bits per heavy atom. The maximum absolute atomic E-state index is 15.0. The van der Waals surface area contributed by atoms with Gasteiger partial charge >= 0.3 is 5.51 Å². The fraction of sp³-hybridized carbons (Fsp3) is 0.516. The molecule has 14 rings (SSSR count). The summed E-state index contributed by atoms with van der Waals surface area (Å²) in [7, 11) is -10.6. The van der Waals surface area contributed by atoms with Gasteiger partial charge in [-0.1, -0.05) is 38.1 Å². The largest absolute Gasteiger partial charge is 0.503 e. The predicted octanol–water partition coefficient (Wildman–Crippen LogP) is 9.80. The fourth-order valence-corrected chi connectivity index (χ4v) is 17.4. The van der Waals surface area contributed by atoms with Crippen LogP contribution in [0.3, 0.4) is 0 Å². The number of sulfonamides is 1. The molecule has 5 fully saturated rings. The Balaban J connectivity index is 0.726. The van der Waals surface area contributed by atoms with Crippen molar-refractivity contribution in [3.63, 3.8) is 0 Å². The van der Waals surface area contributed by atoms with E-state index in [2.05, 4.69) is 53.8 Å². The number of nitro groups is 1. The fourth-order valence-electron chi connectivity index (χ4n) is 15.5. The standard InChI is InChI=1S/C64H73F3N10O12S2/c1-37-7-5-6-8-44(37)52-34-74(38(2)46-33-69-61(90(81,82)64(65,66)67)57-55(46)62(3,4)17-26-87-57)21-22-75(52)42-31-63(32-42)15-19-73(20-16-63)41-9-10-45(49(28-41)76-48-14-25-86-36-54(48)89-60-51(76)27-40-11-18-68-58(40)71-60)59(78)72-91(83,84)43-29-50(77(79)80)56-53(30-43)88-35-47(70-56)39-12-23-85-24-13-39/h5-11,18,27-30,33,38-39,42,47-48,52,54,70H,12-17,19-26,31-32,34-36H2,1-4H3,(H,68,71)(H,72,78)/t38?,47-,48-,52-,54-/m0/s1. The van der Waals surface area contributed by atoms with Crippen LogP contribution in [0.2, 0.25) is 0 Å². The normalized spacial score (nSPS) is 24.1. The molecular weight excluding hydrogens is 1220 g/mol. The van der Waals surface area contributed by atoms with Gasteiger partial charge in [-0.05, 0) is 129 Å². The van der Waals surface area contributed by atoms with Crippen molar-refractivity contribution in [3.05, 3.63) is 117 Å². The van der Waals surface area contributed by atoms with Gasteiger partial charge in [0.15, 0.2) is 17.2 Å². The van der Waals surface area contributed by atoms with Crippen LogP contribution in [0.1, 0.15) is 117 Å². The van der Waals surface area contributed by atoms with Crippen LogP contribution in [-0.4, -0.2) is 155 Å². The molecule has 1 aliphatic carbocycles. The van der Waals surface area contributed by atoms with Gasteiger partial charge in [0.2, 0.25) is 10.9 Å². The molecule has 1 saturated carbocycles. The number of halogens is 3. The summed E-state index contributed by atoms with van der Waals surface area (Å²) in [5, 5.41) is 15.6. The SMILES string of the molecule is Cc1ccccc1[C@@H]1CN(C(C)c2cnc(S(=O)(=O)C(F)(F)F)c3c2C(C)(C)CCO3)CCN1C1CC2(CCN(c3ccc(C(=O)NS(=O)(=O)c4cc5c(c([N+](=O)[O-])c4)N[C@H](C4CCOCC4)CO5)c(N4c5cc6cc[nH]c6nc5O[C@H]5COCC[C@@H]54)c3)CC2)C1. The van der Waals surface area contributed by atoms with Crippen molar-refractivity contribution in [2.45, 2.75) is 136 Å². The first-order valence-electron chi connectivity index (χ1n) is 31.3. The topological polar surface area (TPSA) is 253 Å². The number of hydrogen-bond donors (Lipinski definition) is 3. The van der Waals surface area contributed by atoms with E-state index in [-0.39, 0.29) is 84.1 Å². The third-order valence-electron chi connectivity index (χ3n) is 20.7. The zero-order chi connectivity index (χ0) is 63.5. The molecular formula is C64H73F3N10O12S2. The second kappa shape index (κ2) is 23.1. The number of H-pyrrole nitrogens is 1. The van der Waals surface area contributed by atoms with Crippen molar-refractivity contribution in [1.82, 2.24) is 29.5 Å². The minimum absolute atomic E-state index is 0.00878. The highest BCUT2D eigenvalue weighted by molar-refractivity contribution is 7.92. The quantitative estimate of drug-likeness (QED) is 0.0761. The van der Waals surface area contributed by atoms with E-state index >= 15 is 0 Å². The summed E-state index contributed by atoms with van der Waals surface area (Å²) in [5.41, 5.74) is -0.721. The first kappa shape index (κ1) is 61.2. The molecule has 91 heavy (non-hydrogen) atoms. The highest BCUT2D eigenvalue weighted by Crippen LogP contribution is 2.55. The number of hydrogen-bond acceptors (Lipinski definition) is 19. The lowest BCUT2D eigenvalue weighted by Gasteiger charge is -2.58. The number of benzene rings is 3. The Hall–Kier alpha value is -7.30. The van der Waals surface area contributed by atoms with Gasteiger partial charge in [0.1, 0.15) is 24.0 Å². The zero-order valence-corrected chi connectivity index (χ0v) is 52.6. The van der Waals surface area contributed by atoms with Gasteiger partial charge in [0, 0.05) is 112 Å². The monoisotopic (exact) mass is 1290 g/mol. The number of aryl methyl sites for hydroxylation is 1. The number of pyridine rings is 2. The number of nitrogens with one attached hydrogen (secondary N) is 3. The van der Waals surface area contributed by atoms with Gasteiger partial charge < -0.3 is 43.8 Å². The van der Waals surface area contributed by atoms with Gasteiger partial charge in [-0.15, -0.1) is 0 Å². The molecule has 3 aromatic carbocycles. The number of anilines is 4. The number of nitro benzene ring substituents is 1. The van der Waals surface area contributed by atoms with Gasteiger partial charge in [-0.2, -0.15) is 18.2 Å². The number of aromatic nitrogens is 3. The van der Waals surface area contributed by atoms with Crippen molar-refractivity contribution >= 4 is 65.2 Å². The number of carbonyl (C=O) groups excluding carboxylic acids is 1. The van der Waals surface area contributed by atoms with E-state index < -0.39 is 63.3 Å². The summed E-state index contributed by atoms with van der Waals surface area (Å²) in [6, 6.07) is 19.1. The van der Waals surface area contributed by atoms with E-state index in [1.807, 2.05) is 62.1 Å². The molecule has 10 heterocycles. The van der Waals surface area contributed by atoms with Crippen molar-refractivity contribution in [2.75, 3.05) is 87.5 Å². The highest BCUT2D eigenvalue weighted by atomic mass is 32.2. The smallest absolute Gasteiger partial charge is 0.490 e. The van der Waals surface area contributed by atoms with E-state index in [0.717, 1.165) is 67.8 Å². The lowest BCUT2D eigenvalue weighted by Crippen LogP contribution is -2.60. The van der Waals surface area contributed by atoms with E-state index in [1.165, 1.54) is 17.8 Å². The number of ether oxygens (including phenoxy) is 5. The van der Waals surface area contributed by atoms with E-state index in [4.69, 9.17) is 28.7 Å². The minimum atomic E-state index is -5.80. The molecule has 27 heteroatoms. The number of nitrogens with zero attached hydrogens (tertiary/aromatic N) is 7. The maximum Gasteiger partial charge on any atom is 0.503 e. The van der Waals surface area contributed by atoms with Crippen LogP contribution >= 0.6 is 0 Å². The second-order valence-electron chi connectivity index (χ2n) is 26.4. The van der Waals surface area contributed by atoms with Crippen molar-refractivity contribution in [1.29, 1.82) is 0 Å².